The van der Waals surface area contributed by atoms with Gasteiger partial charge in [-0.05, 0) is 31.5 Å². The fourth-order valence-corrected chi connectivity index (χ4v) is 1.93. The van der Waals surface area contributed by atoms with Crippen molar-refractivity contribution >= 4 is 11.7 Å². The maximum absolute atomic E-state index is 11.5. The molecule has 0 unspecified atom stereocenters. The van der Waals surface area contributed by atoms with Crippen LogP contribution in [0.1, 0.15) is 28.4 Å². The molecule has 0 fully saturated rings. The van der Waals surface area contributed by atoms with Crippen LogP contribution in [0.3, 0.4) is 0 Å². The Morgan fingerprint density at radius 2 is 2.25 bits per heavy atom. The first-order chi connectivity index (χ1) is 9.63. The maximum Gasteiger partial charge on any atom is 0.337 e. The Labute approximate surface area is 118 Å². The van der Waals surface area contributed by atoms with Crippen LogP contribution in [0.15, 0.2) is 30.6 Å². The Kier molecular flexibility index (Phi) is 4.40. The normalized spacial score (nSPS) is 10.3. The van der Waals surface area contributed by atoms with Crippen molar-refractivity contribution in [2.75, 3.05) is 12.4 Å². The van der Waals surface area contributed by atoms with Gasteiger partial charge in [0.1, 0.15) is 0 Å². The van der Waals surface area contributed by atoms with Crippen LogP contribution in [0.2, 0.25) is 0 Å². The zero-order chi connectivity index (χ0) is 14.5. The fourth-order valence-electron chi connectivity index (χ4n) is 1.93. The van der Waals surface area contributed by atoms with E-state index in [9.17, 15) is 4.79 Å². The lowest BCUT2D eigenvalue weighted by molar-refractivity contribution is 0.0601. The van der Waals surface area contributed by atoms with Crippen LogP contribution in [-0.4, -0.2) is 22.9 Å². The summed E-state index contributed by atoms with van der Waals surface area (Å²) in [6.07, 6.45) is 3.85. The third-order valence-corrected chi connectivity index (χ3v) is 3.15. The molecular formula is C15H19N3O2. The van der Waals surface area contributed by atoms with Gasteiger partial charge in [0.2, 0.25) is 0 Å². The minimum absolute atomic E-state index is 0.327. The van der Waals surface area contributed by atoms with Gasteiger partial charge in [-0.25, -0.2) is 4.79 Å². The minimum atomic E-state index is -0.327. The molecule has 20 heavy (non-hydrogen) atoms. The molecule has 0 bridgehead atoms. The molecule has 1 N–H and O–H groups in total. The van der Waals surface area contributed by atoms with Crippen LogP contribution in [0.5, 0.6) is 0 Å². The molecule has 106 valence electrons. The monoisotopic (exact) mass is 273 g/mol. The van der Waals surface area contributed by atoms with Crippen molar-refractivity contribution in [3.05, 3.63) is 47.3 Å². The van der Waals surface area contributed by atoms with E-state index in [1.807, 2.05) is 43.1 Å². The van der Waals surface area contributed by atoms with Crippen molar-refractivity contribution in [2.45, 2.75) is 26.9 Å². The zero-order valence-electron chi connectivity index (χ0n) is 12.0. The predicted molar refractivity (Wildman–Crippen MR) is 77.7 cm³/mol. The highest BCUT2D eigenvalue weighted by Gasteiger charge is 2.08. The highest BCUT2D eigenvalue weighted by molar-refractivity contribution is 5.90. The first-order valence-corrected chi connectivity index (χ1v) is 6.58. The summed E-state index contributed by atoms with van der Waals surface area (Å²) in [5.41, 5.74) is 3.66. The molecule has 2 rings (SSSR count). The van der Waals surface area contributed by atoms with Gasteiger partial charge in [0, 0.05) is 30.5 Å². The number of carbonyl (C=O) groups excluding carboxylic acids is 1. The Morgan fingerprint density at radius 1 is 1.45 bits per heavy atom. The molecule has 0 spiro atoms. The van der Waals surface area contributed by atoms with Gasteiger partial charge < -0.3 is 10.1 Å². The van der Waals surface area contributed by atoms with E-state index in [0.29, 0.717) is 12.1 Å². The molecule has 1 aromatic carbocycles. The number of nitrogens with zero attached hydrogens (tertiary/aromatic N) is 2. The van der Waals surface area contributed by atoms with Gasteiger partial charge in [-0.15, -0.1) is 0 Å². The molecule has 0 aliphatic rings. The van der Waals surface area contributed by atoms with Gasteiger partial charge in [-0.3, -0.25) is 4.68 Å². The van der Waals surface area contributed by atoms with E-state index in [4.69, 9.17) is 4.74 Å². The van der Waals surface area contributed by atoms with Crippen molar-refractivity contribution in [1.29, 1.82) is 0 Å². The molecule has 0 radical (unpaired) electrons. The lowest BCUT2D eigenvalue weighted by Crippen LogP contribution is -2.05. The average molecular weight is 273 g/mol. The summed E-state index contributed by atoms with van der Waals surface area (Å²) in [6.45, 7) is 5.58. The number of anilines is 1. The van der Waals surface area contributed by atoms with Crippen molar-refractivity contribution < 1.29 is 9.53 Å². The number of aryl methyl sites for hydroxylation is 2. The molecular weight excluding hydrogens is 254 g/mol. The number of hydrogen-bond donors (Lipinski definition) is 1. The van der Waals surface area contributed by atoms with Gasteiger partial charge in [-0.1, -0.05) is 6.07 Å². The Morgan fingerprint density at radius 3 is 2.90 bits per heavy atom. The molecule has 0 amide bonds. The molecule has 2 aromatic rings. The molecule has 0 aliphatic carbocycles. The van der Waals surface area contributed by atoms with Gasteiger partial charge in [-0.2, -0.15) is 5.10 Å². The Bertz CT molecular complexity index is 605. The number of nitrogens with one attached hydrogen (secondary N) is 1. The van der Waals surface area contributed by atoms with Crippen molar-refractivity contribution in [2.24, 2.45) is 0 Å². The van der Waals surface area contributed by atoms with Gasteiger partial charge in [0.25, 0.3) is 0 Å². The van der Waals surface area contributed by atoms with Crippen molar-refractivity contribution in [3.8, 4) is 0 Å². The predicted octanol–water partition coefficient (Wildman–Crippen LogP) is 2.61. The van der Waals surface area contributed by atoms with Crippen LogP contribution in [0, 0.1) is 6.92 Å². The van der Waals surface area contributed by atoms with Crippen LogP contribution in [-0.2, 0) is 17.8 Å². The van der Waals surface area contributed by atoms with E-state index in [-0.39, 0.29) is 5.97 Å². The number of aromatic nitrogens is 2. The molecule has 0 atom stereocenters. The SMILES string of the molecule is CCn1cc(CNc2cc(C(=O)OC)ccc2C)cn1. The number of rotatable bonds is 5. The fraction of sp³-hybridized carbons (Fsp3) is 0.333. The van der Waals surface area contributed by atoms with Gasteiger partial charge in [0.05, 0.1) is 18.9 Å². The van der Waals surface area contributed by atoms with Crippen molar-refractivity contribution in [1.82, 2.24) is 9.78 Å². The third kappa shape index (κ3) is 3.17. The number of methoxy groups -OCH3 is 1. The lowest BCUT2D eigenvalue weighted by atomic mass is 10.1. The molecule has 5 nitrogen and oxygen atoms in total. The second kappa shape index (κ2) is 6.23. The second-order valence-electron chi connectivity index (χ2n) is 4.58. The van der Waals surface area contributed by atoms with E-state index in [1.54, 1.807) is 6.07 Å². The van der Waals surface area contributed by atoms with Crippen LogP contribution in [0.25, 0.3) is 0 Å². The van der Waals surface area contributed by atoms with Crippen LogP contribution < -0.4 is 5.32 Å². The third-order valence-electron chi connectivity index (χ3n) is 3.15. The number of carbonyl (C=O) groups is 1. The average Bonchev–Trinajstić information content (AvgIpc) is 2.93. The van der Waals surface area contributed by atoms with E-state index in [2.05, 4.69) is 10.4 Å². The second-order valence-corrected chi connectivity index (χ2v) is 4.58. The molecule has 0 aliphatic heterocycles. The summed E-state index contributed by atoms with van der Waals surface area (Å²) < 4.78 is 6.62. The summed E-state index contributed by atoms with van der Waals surface area (Å²) in [7, 11) is 1.38. The smallest absolute Gasteiger partial charge is 0.337 e. The maximum atomic E-state index is 11.5. The zero-order valence-corrected chi connectivity index (χ0v) is 12.0. The molecule has 0 saturated carbocycles. The summed E-state index contributed by atoms with van der Waals surface area (Å²) in [6, 6.07) is 5.48. The largest absolute Gasteiger partial charge is 0.465 e. The number of hydrogen-bond acceptors (Lipinski definition) is 4. The van der Waals surface area contributed by atoms with E-state index in [0.717, 1.165) is 23.4 Å². The summed E-state index contributed by atoms with van der Waals surface area (Å²) in [5, 5.41) is 7.56. The Hall–Kier alpha value is -2.30. The standard InChI is InChI=1S/C15H19N3O2/c1-4-18-10-12(9-17-18)8-16-14-7-13(15(19)20-3)6-5-11(14)2/h5-7,9-10,16H,4,8H2,1-3H3. The lowest BCUT2D eigenvalue weighted by Gasteiger charge is -2.10. The minimum Gasteiger partial charge on any atom is -0.465 e. The molecule has 1 heterocycles. The first kappa shape index (κ1) is 14.1. The van der Waals surface area contributed by atoms with Crippen LogP contribution >= 0.6 is 0 Å². The van der Waals surface area contributed by atoms with Gasteiger partial charge in [0.15, 0.2) is 0 Å². The first-order valence-electron chi connectivity index (χ1n) is 6.58. The summed E-state index contributed by atoms with van der Waals surface area (Å²) in [4.78, 5) is 11.5. The summed E-state index contributed by atoms with van der Waals surface area (Å²) >= 11 is 0. The van der Waals surface area contributed by atoms with Crippen LogP contribution in [0.4, 0.5) is 5.69 Å². The highest BCUT2D eigenvalue weighted by Crippen LogP contribution is 2.18. The highest BCUT2D eigenvalue weighted by atomic mass is 16.5. The van der Waals surface area contributed by atoms with E-state index >= 15 is 0 Å². The molecule has 0 saturated heterocycles. The number of esters is 1. The Balaban J connectivity index is 2.10. The van der Waals surface area contributed by atoms with Gasteiger partial charge >= 0.3 is 5.97 Å². The number of ether oxygens (including phenoxy) is 1. The summed E-state index contributed by atoms with van der Waals surface area (Å²) in [5.74, 6) is -0.327. The topological polar surface area (TPSA) is 56.2 Å². The molecule has 5 heteroatoms. The number of benzene rings is 1. The van der Waals surface area contributed by atoms with Crippen molar-refractivity contribution in [3.63, 3.8) is 0 Å². The quantitative estimate of drug-likeness (QED) is 0.851. The molecule has 1 aromatic heterocycles. The van der Waals surface area contributed by atoms with E-state index < -0.39 is 0 Å². The van der Waals surface area contributed by atoms with E-state index in [1.165, 1.54) is 7.11 Å².